The highest BCUT2D eigenvalue weighted by Gasteiger charge is 2.07. The van der Waals surface area contributed by atoms with Crippen LogP contribution in [0, 0.1) is 0 Å². The average molecular weight is 280 g/mol. The summed E-state index contributed by atoms with van der Waals surface area (Å²) >= 11 is 6.14. The molecule has 1 aromatic carbocycles. The molecule has 0 saturated carbocycles. The lowest BCUT2D eigenvalue weighted by Crippen LogP contribution is -2.03. The second kappa shape index (κ2) is 6.08. The quantitative estimate of drug-likeness (QED) is 0.915. The third-order valence-corrected chi connectivity index (χ3v) is 3.29. The number of hydrogen-bond acceptors (Lipinski definition) is 3. The summed E-state index contributed by atoms with van der Waals surface area (Å²) in [6.07, 6.45) is 0.916. The summed E-state index contributed by atoms with van der Waals surface area (Å²) in [7, 11) is 1.91. The maximum absolute atomic E-state index is 6.14. The van der Waals surface area contributed by atoms with E-state index in [-0.39, 0.29) is 0 Å². The van der Waals surface area contributed by atoms with Crippen molar-refractivity contribution >= 4 is 11.6 Å². The minimum atomic E-state index is 0.450. The van der Waals surface area contributed by atoms with Crippen LogP contribution in [0.5, 0.6) is 5.75 Å². The highest BCUT2D eigenvalue weighted by molar-refractivity contribution is 6.32. The van der Waals surface area contributed by atoms with Crippen molar-refractivity contribution in [2.24, 2.45) is 12.8 Å². The Morgan fingerprint density at radius 2 is 2.16 bits per heavy atom. The molecule has 0 aliphatic rings. The number of aryl methyl sites for hydroxylation is 2. The lowest BCUT2D eigenvalue weighted by Gasteiger charge is -2.09. The van der Waals surface area contributed by atoms with Gasteiger partial charge in [-0.2, -0.15) is 5.10 Å². The highest BCUT2D eigenvalue weighted by Crippen LogP contribution is 2.26. The largest absolute Gasteiger partial charge is 0.486 e. The molecule has 0 aliphatic carbocycles. The summed E-state index contributed by atoms with van der Waals surface area (Å²) in [5.41, 5.74) is 8.64. The molecule has 2 aromatic rings. The molecule has 2 rings (SSSR count). The number of ether oxygens (including phenoxy) is 1. The molecule has 102 valence electrons. The van der Waals surface area contributed by atoms with Crippen LogP contribution in [0.25, 0.3) is 0 Å². The van der Waals surface area contributed by atoms with Gasteiger partial charge >= 0.3 is 0 Å². The van der Waals surface area contributed by atoms with E-state index in [2.05, 4.69) is 12.0 Å². The molecule has 0 atom stereocenters. The SMILES string of the molecule is CCc1cc(COc2ccc(CN)cc2Cl)n(C)n1. The van der Waals surface area contributed by atoms with Crippen molar-refractivity contribution in [3.05, 3.63) is 46.2 Å². The monoisotopic (exact) mass is 279 g/mol. The van der Waals surface area contributed by atoms with Crippen molar-refractivity contribution in [2.45, 2.75) is 26.5 Å². The molecule has 5 heteroatoms. The number of rotatable bonds is 5. The summed E-state index contributed by atoms with van der Waals surface area (Å²) in [4.78, 5) is 0. The maximum Gasteiger partial charge on any atom is 0.138 e. The van der Waals surface area contributed by atoms with Gasteiger partial charge in [-0.3, -0.25) is 4.68 Å². The van der Waals surface area contributed by atoms with Gasteiger partial charge in [-0.05, 0) is 30.2 Å². The summed E-state index contributed by atoms with van der Waals surface area (Å²) in [5.74, 6) is 0.665. The Morgan fingerprint density at radius 3 is 2.74 bits per heavy atom. The van der Waals surface area contributed by atoms with Gasteiger partial charge in [-0.15, -0.1) is 0 Å². The Morgan fingerprint density at radius 1 is 1.37 bits per heavy atom. The molecule has 0 saturated heterocycles. The summed E-state index contributed by atoms with van der Waals surface area (Å²) < 4.78 is 7.56. The molecule has 1 aromatic heterocycles. The van der Waals surface area contributed by atoms with Gasteiger partial charge in [0.25, 0.3) is 0 Å². The molecule has 0 aliphatic heterocycles. The molecule has 2 N–H and O–H groups in total. The normalized spacial score (nSPS) is 10.7. The van der Waals surface area contributed by atoms with Crippen LogP contribution in [0.4, 0.5) is 0 Å². The average Bonchev–Trinajstić information content (AvgIpc) is 2.78. The Kier molecular flexibility index (Phi) is 4.45. The number of benzene rings is 1. The topological polar surface area (TPSA) is 53.1 Å². The van der Waals surface area contributed by atoms with Crippen molar-refractivity contribution in [3.8, 4) is 5.75 Å². The van der Waals surface area contributed by atoms with E-state index in [1.807, 2.05) is 36.0 Å². The Bertz CT molecular complexity index is 566. The molecular weight excluding hydrogens is 262 g/mol. The number of halogens is 1. The number of nitrogens with two attached hydrogens (primary N) is 1. The Balaban J connectivity index is 2.07. The first-order valence-corrected chi connectivity index (χ1v) is 6.65. The van der Waals surface area contributed by atoms with Crippen molar-refractivity contribution in [3.63, 3.8) is 0 Å². The first kappa shape index (κ1) is 13.9. The molecule has 4 nitrogen and oxygen atoms in total. The molecule has 0 fully saturated rings. The van der Waals surface area contributed by atoms with Gasteiger partial charge in [0, 0.05) is 13.6 Å². The summed E-state index contributed by atoms with van der Waals surface area (Å²) in [5, 5.41) is 4.96. The predicted octanol–water partition coefficient (Wildman–Crippen LogP) is 2.67. The molecule has 19 heavy (non-hydrogen) atoms. The van der Waals surface area contributed by atoms with Crippen LogP contribution in [0.3, 0.4) is 0 Å². The molecule has 0 radical (unpaired) electrons. The Labute approximate surface area is 118 Å². The zero-order valence-corrected chi connectivity index (χ0v) is 11.9. The third-order valence-electron chi connectivity index (χ3n) is 3.00. The van der Waals surface area contributed by atoms with Crippen molar-refractivity contribution in [1.29, 1.82) is 0 Å². The molecular formula is C14H18ClN3O. The van der Waals surface area contributed by atoms with E-state index < -0.39 is 0 Å². The standard InChI is InChI=1S/C14H18ClN3O/c1-3-11-7-12(18(2)17-11)9-19-14-5-4-10(8-16)6-13(14)15/h4-7H,3,8-9,16H2,1-2H3. The fourth-order valence-electron chi connectivity index (χ4n) is 1.82. The number of hydrogen-bond donors (Lipinski definition) is 1. The van der Waals surface area contributed by atoms with Gasteiger partial charge in [0.1, 0.15) is 12.4 Å². The molecule has 0 spiro atoms. The minimum Gasteiger partial charge on any atom is -0.486 e. The van der Waals surface area contributed by atoms with Crippen LogP contribution >= 0.6 is 11.6 Å². The fraction of sp³-hybridized carbons (Fsp3) is 0.357. The van der Waals surface area contributed by atoms with Crippen LogP contribution in [-0.2, 0) is 26.6 Å². The fourth-order valence-corrected chi connectivity index (χ4v) is 2.08. The van der Waals surface area contributed by atoms with Crippen LogP contribution < -0.4 is 10.5 Å². The predicted molar refractivity (Wildman–Crippen MR) is 76.3 cm³/mol. The Hall–Kier alpha value is -1.52. The van der Waals surface area contributed by atoms with Gasteiger partial charge < -0.3 is 10.5 Å². The summed E-state index contributed by atoms with van der Waals surface area (Å²) in [6.45, 7) is 3.00. The highest BCUT2D eigenvalue weighted by atomic mass is 35.5. The van der Waals surface area contributed by atoms with Gasteiger partial charge in [0.15, 0.2) is 0 Å². The molecule has 0 bridgehead atoms. The first-order valence-electron chi connectivity index (χ1n) is 6.27. The van der Waals surface area contributed by atoms with E-state index in [1.165, 1.54) is 0 Å². The van der Waals surface area contributed by atoms with Gasteiger partial charge in [0.2, 0.25) is 0 Å². The molecule has 1 heterocycles. The van der Waals surface area contributed by atoms with E-state index in [4.69, 9.17) is 22.1 Å². The van der Waals surface area contributed by atoms with E-state index in [0.29, 0.717) is 23.9 Å². The first-order chi connectivity index (χ1) is 9.13. The second-order valence-electron chi connectivity index (χ2n) is 4.36. The maximum atomic E-state index is 6.14. The van der Waals surface area contributed by atoms with E-state index in [1.54, 1.807) is 0 Å². The minimum absolute atomic E-state index is 0.450. The second-order valence-corrected chi connectivity index (χ2v) is 4.77. The molecule has 0 amide bonds. The molecule has 0 unspecified atom stereocenters. The van der Waals surface area contributed by atoms with Crippen LogP contribution in [0.15, 0.2) is 24.3 Å². The van der Waals surface area contributed by atoms with E-state index in [9.17, 15) is 0 Å². The van der Waals surface area contributed by atoms with Crippen molar-refractivity contribution < 1.29 is 4.74 Å². The lowest BCUT2D eigenvalue weighted by atomic mass is 10.2. The number of nitrogens with zero attached hydrogens (tertiary/aromatic N) is 2. The van der Waals surface area contributed by atoms with E-state index >= 15 is 0 Å². The van der Waals surface area contributed by atoms with Crippen molar-refractivity contribution in [1.82, 2.24) is 9.78 Å². The zero-order valence-electron chi connectivity index (χ0n) is 11.2. The third kappa shape index (κ3) is 3.28. The van der Waals surface area contributed by atoms with Gasteiger partial charge in [-0.1, -0.05) is 24.6 Å². The van der Waals surface area contributed by atoms with Gasteiger partial charge in [-0.25, -0.2) is 0 Å². The van der Waals surface area contributed by atoms with Gasteiger partial charge in [0.05, 0.1) is 16.4 Å². The van der Waals surface area contributed by atoms with E-state index in [0.717, 1.165) is 23.4 Å². The summed E-state index contributed by atoms with van der Waals surface area (Å²) in [6, 6.07) is 7.64. The van der Waals surface area contributed by atoms with Crippen LogP contribution in [0.2, 0.25) is 5.02 Å². The van der Waals surface area contributed by atoms with Crippen molar-refractivity contribution in [2.75, 3.05) is 0 Å². The smallest absolute Gasteiger partial charge is 0.138 e. The zero-order chi connectivity index (χ0) is 13.8. The van der Waals surface area contributed by atoms with Crippen LogP contribution in [0.1, 0.15) is 23.9 Å². The van der Waals surface area contributed by atoms with Crippen LogP contribution in [-0.4, -0.2) is 9.78 Å². The number of aromatic nitrogens is 2. The lowest BCUT2D eigenvalue weighted by molar-refractivity contribution is 0.295.